The molecule has 0 aliphatic heterocycles. The molecule has 0 heterocycles. The third-order valence-electron chi connectivity index (χ3n) is 3.15. The Bertz CT molecular complexity index is 588. The molecule has 1 aromatic rings. The van der Waals surface area contributed by atoms with Gasteiger partial charge in [0.2, 0.25) is 0 Å². The summed E-state index contributed by atoms with van der Waals surface area (Å²) in [6.45, 7) is 4.02. The Balaban J connectivity index is 2.19. The Morgan fingerprint density at radius 2 is 1.92 bits per heavy atom. The number of rotatable bonds is 9. The third-order valence-corrected chi connectivity index (χ3v) is 4.30. The summed E-state index contributed by atoms with van der Waals surface area (Å²) in [4.78, 5) is 35.1. The first-order valence-electron chi connectivity index (χ1n) is 7.61. The summed E-state index contributed by atoms with van der Waals surface area (Å²) in [7, 11) is 1.32. The highest BCUT2D eigenvalue weighted by molar-refractivity contribution is 8.00. The van der Waals surface area contributed by atoms with Crippen molar-refractivity contribution < 1.29 is 23.9 Å². The van der Waals surface area contributed by atoms with Crippen molar-refractivity contribution >= 4 is 29.6 Å². The zero-order valence-electron chi connectivity index (χ0n) is 14.2. The normalized spacial score (nSPS) is 10.1. The first kappa shape index (κ1) is 20.0. The van der Waals surface area contributed by atoms with Crippen LogP contribution >= 0.6 is 11.8 Å². The Kier molecular flexibility index (Phi) is 8.93. The number of hydrogen-bond donors (Lipinski definition) is 1. The van der Waals surface area contributed by atoms with Crippen molar-refractivity contribution in [1.82, 2.24) is 5.32 Å². The Labute approximate surface area is 146 Å². The van der Waals surface area contributed by atoms with Crippen molar-refractivity contribution in [2.24, 2.45) is 0 Å². The van der Waals surface area contributed by atoms with E-state index in [0.29, 0.717) is 13.0 Å². The molecule has 0 aliphatic rings. The fourth-order valence-electron chi connectivity index (χ4n) is 1.90. The van der Waals surface area contributed by atoms with Crippen molar-refractivity contribution in [3.63, 3.8) is 0 Å². The first-order valence-corrected chi connectivity index (χ1v) is 8.60. The van der Waals surface area contributed by atoms with Gasteiger partial charge in [0, 0.05) is 17.9 Å². The Morgan fingerprint density at radius 3 is 2.58 bits per heavy atom. The van der Waals surface area contributed by atoms with Gasteiger partial charge < -0.3 is 14.8 Å². The summed E-state index contributed by atoms with van der Waals surface area (Å²) in [6, 6.07) is 6.01. The van der Waals surface area contributed by atoms with Crippen molar-refractivity contribution in [1.29, 1.82) is 0 Å². The van der Waals surface area contributed by atoms with Gasteiger partial charge in [-0.25, -0.2) is 0 Å². The molecule has 0 saturated heterocycles. The summed E-state index contributed by atoms with van der Waals surface area (Å²) >= 11 is 1.39. The second-order valence-electron chi connectivity index (χ2n) is 5.25. The summed E-state index contributed by atoms with van der Waals surface area (Å²) < 4.78 is 9.42. The van der Waals surface area contributed by atoms with Crippen molar-refractivity contribution in [2.75, 3.05) is 26.0 Å². The highest BCUT2D eigenvalue weighted by Gasteiger charge is 2.09. The van der Waals surface area contributed by atoms with Gasteiger partial charge in [0.1, 0.15) is 0 Å². The van der Waals surface area contributed by atoms with Crippen LogP contribution in [-0.4, -0.2) is 43.9 Å². The monoisotopic (exact) mass is 353 g/mol. The maximum atomic E-state index is 11.7. The molecule has 0 unspecified atom stereocenters. The van der Waals surface area contributed by atoms with E-state index in [1.54, 1.807) is 0 Å². The summed E-state index contributed by atoms with van der Waals surface area (Å²) in [5, 5.41) is 2.58. The molecule has 0 radical (unpaired) electrons. The van der Waals surface area contributed by atoms with E-state index in [1.807, 2.05) is 26.0 Å². The lowest BCUT2D eigenvalue weighted by atomic mass is 10.2. The number of aryl methyl sites for hydroxylation is 2. The van der Waals surface area contributed by atoms with Gasteiger partial charge in [-0.2, -0.15) is 0 Å². The maximum absolute atomic E-state index is 11.7. The van der Waals surface area contributed by atoms with Gasteiger partial charge >= 0.3 is 11.9 Å². The van der Waals surface area contributed by atoms with Crippen LogP contribution < -0.4 is 5.32 Å². The summed E-state index contributed by atoms with van der Waals surface area (Å²) in [6.07, 6.45) is 0.720. The topological polar surface area (TPSA) is 81.7 Å². The number of methoxy groups -OCH3 is 1. The average molecular weight is 353 g/mol. The third kappa shape index (κ3) is 8.01. The van der Waals surface area contributed by atoms with Crippen LogP contribution in [0.4, 0.5) is 0 Å². The lowest BCUT2D eigenvalue weighted by Gasteiger charge is -2.08. The smallest absolute Gasteiger partial charge is 0.316 e. The van der Waals surface area contributed by atoms with Crippen molar-refractivity contribution in [3.8, 4) is 0 Å². The lowest BCUT2D eigenvalue weighted by molar-refractivity contribution is -0.145. The Hall–Kier alpha value is -2.02. The van der Waals surface area contributed by atoms with E-state index < -0.39 is 5.97 Å². The number of nitrogens with one attached hydrogen (secondary N) is 1. The van der Waals surface area contributed by atoms with E-state index in [-0.39, 0.29) is 30.7 Å². The van der Waals surface area contributed by atoms with E-state index in [0.717, 1.165) is 10.5 Å². The predicted molar refractivity (Wildman–Crippen MR) is 91.9 cm³/mol. The van der Waals surface area contributed by atoms with E-state index in [2.05, 4.69) is 16.1 Å². The predicted octanol–water partition coefficient (Wildman–Crippen LogP) is 2.01. The van der Waals surface area contributed by atoms with E-state index in [9.17, 15) is 14.4 Å². The van der Waals surface area contributed by atoms with Gasteiger partial charge in [-0.05, 0) is 31.9 Å². The SMILES string of the molecule is COC(=O)CCCNC(=O)COC(=O)CSc1ccc(C)cc1C. The van der Waals surface area contributed by atoms with Gasteiger partial charge in [-0.15, -0.1) is 11.8 Å². The summed E-state index contributed by atoms with van der Waals surface area (Å²) in [5.74, 6) is -0.993. The molecule has 0 atom stereocenters. The molecule has 1 aromatic carbocycles. The molecule has 0 fully saturated rings. The molecular formula is C17H23NO5S. The molecule has 1 rings (SSSR count). The standard InChI is InChI=1S/C17H23NO5S/c1-12-6-7-14(13(2)9-12)24-11-17(21)23-10-15(19)18-8-4-5-16(20)22-3/h6-7,9H,4-5,8,10-11H2,1-3H3,(H,18,19). The van der Waals surface area contributed by atoms with Crippen LogP contribution in [0.15, 0.2) is 23.1 Å². The van der Waals surface area contributed by atoms with Crippen LogP contribution in [0.5, 0.6) is 0 Å². The van der Waals surface area contributed by atoms with Crippen LogP contribution in [0.3, 0.4) is 0 Å². The molecular weight excluding hydrogens is 330 g/mol. The molecule has 24 heavy (non-hydrogen) atoms. The minimum Gasteiger partial charge on any atom is -0.469 e. The van der Waals surface area contributed by atoms with Gasteiger partial charge in [0.05, 0.1) is 12.9 Å². The largest absolute Gasteiger partial charge is 0.469 e. The average Bonchev–Trinajstić information content (AvgIpc) is 2.55. The minimum atomic E-state index is -0.440. The van der Waals surface area contributed by atoms with E-state index >= 15 is 0 Å². The number of thioether (sulfide) groups is 1. The van der Waals surface area contributed by atoms with Gasteiger partial charge in [-0.1, -0.05) is 17.7 Å². The number of benzene rings is 1. The van der Waals surface area contributed by atoms with Gasteiger partial charge in [-0.3, -0.25) is 14.4 Å². The number of ether oxygens (including phenoxy) is 2. The molecule has 1 N–H and O–H groups in total. The quantitative estimate of drug-likeness (QED) is 0.415. The highest BCUT2D eigenvalue weighted by Crippen LogP contribution is 2.23. The van der Waals surface area contributed by atoms with Crippen LogP contribution in [-0.2, 0) is 23.9 Å². The van der Waals surface area contributed by atoms with Crippen LogP contribution in [0.25, 0.3) is 0 Å². The molecule has 0 bridgehead atoms. The fourth-order valence-corrected chi connectivity index (χ4v) is 2.71. The maximum Gasteiger partial charge on any atom is 0.316 e. The molecule has 0 aromatic heterocycles. The Morgan fingerprint density at radius 1 is 1.17 bits per heavy atom. The fraction of sp³-hybridized carbons (Fsp3) is 0.471. The molecule has 6 nitrogen and oxygen atoms in total. The van der Waals surface area contributed by atoms with E-state index in [4.69, 9.17) is 4.74 Å². The molecule has 0 saturated carbocycles. The number of esters is 2. The van der Waals surface area contributed by atoms with Gasteiger partial charge in [0.15, 0.2) is 6.61 Å². The lowest BCUT2D eigenvalue weighted by Crippen LogP contribution is -2.30. The van der Waals surface area contributed by atoms with Gasteiger partial charge in [0.25, 0.3) is 5.91 Å². The number of carbonyl (C=O) groups excluding carboxylic acids is 3. The first-order chi connectivity index (χ1) is 11.4. The zero-order chi connectivity index (χ0) is 17.9. The number of amides is 1. The van der Waals surface area contributed by atoms with Crippen molar-refractivity contribution in [2.45, 2.75) is 31.6 Å². The molecule has 7 heteroatoms. The van der Waals surface area contributed by atoms with Crippen LogP contribution in [0.1, 0.15) is 24.0 Å². The molecule has 1 amide bonds. The molecule has 0 spiro atoms. The van der Waals surface area contributed by atoms with Crippen molar-refractivity contribution in [3.05, 3.63) is 29.3 Å². The molecule has 0 aliphatic carbocycles. The molecule has 132 valence electrons. The van der Waals surface area contributed by atoms with Crippen LogP contribution in [0, 0.1) is 13.8 Å². The number of hydrogen-bond acceptors (Lipinski definition) is 6. The highest BCUT2D eigenvalue weighted by atomic mass is 32.2. The number of carbonyl (C=O) groups is 3. The minimum absolute atomic E-state index is 0.152. The summed E-state index contributed by atoms with van der Waals surface area (Å²) in [5.41, 5.74) is 2.28. The zero-order valence-corrected chi connectivity index (χ0v) is 15.0. The second-order valence-corrected chi connectivity index (χ2v) is 6.27. The van der Waals surface area contributed by atoms with Crippen LogP contribution in [0.2, 0.25) is 0 Å². The second kappa shape index (κ2) is 10.7. The van der Waals surface area contributed by atoms with E-state index in [1.165, 1.54) is 24.4 Å².